The van der Waals surface area contributed by atoms with Crippen LogP contribution in [0.1, 0.15) is 30.2 Å². The Kier molecular flexibility index (Phi) is 5.61. The van der Waals surface area contributed by atoms with Crippen molar-refractivity contribution in [3.05, 3.63) is 70.4 Å². The first-order chi connectivity index (χ1) is 14.9. The zero-order valence-corrected chi connectivity index (χ0v) is 18.1. The molecule has 0 bridgehead atoms. The molecule has 1 aromatic heterocycles. The number of hydrogen-bond acceptors (Lipinski definition) is 5. The highest BCUT2D eigenvalue weighted by atomic mass is 32.1. The number of carbonyl (C=O) groups is 3. The van der Waals surface area contributed by atoms with Crippen molar-refractivity contribution in [1.29, 1.82) is 0 Å². The van der Waals surface area contributed by atoms with E-state index in [0.717, 1.165) is 16.0 Å². The Morgan fingerprint density at radius 1 is 1.13 bits per heavy atom. The second-order valence-corrected chi connectivity index (χ2v) is 8.64. The third-order valence-electron chi connectivity index (χ3n) is 5.49. The summed E-state index contributed by atoms with van der Waals surface area (Å²) in [7, 11) is 0. The zero-order valence-electron chi connectivity index (χ0n) is 17.3. The summed E-state index contributed by atoms with van der Waals surface area (Å²) in [5, 5.41) is 4.63. The van der Waals surface area contributed by atoms with Gasteiger partial charge in [0.1, 0.15) is 6.04 Å². The van der Waals surface area contributed by atoms with E-state index >= 15 is 0 Å². The molecule has 7 heteroatoms. The molecule has 3 amide bonds. The van der Waals surface area contributed by atoms with Crippen molar-refractivity contribution < 1.29 is 14.4 Å². The van der Waals surface area contributed by atoms with Crippen molar-refractivity contribution in [2.75, 3.05) is 10.6 Å². The third-order valence-corrected chi connectivity index (χ3v) is 6.36. The van der Waals surface area contributed by atoms with E-state index in [1.807, 2.05) is 41.8 Å². The molecule has 6 nitrogen and oxygen atoms in total. The van der Waals surface area contributed by atoms with E-state index < -0.39 is 17.9 Å². The van der Waals surface area contributed by atoms with Crippen molar-refractivity contribution in [3.63, 3.8) is 0 Å². The van der Waals surface area contributed by atoms with E-state index in [4.69, 9.17) is 5.73 Å². The lowest BCUT2D eigenvalue weighted by molar-refractivity contribution is -0.131. The molecule has 2 atom stereocenters. The summed E-state index contributed by atoms with van der Waals surface area (Å²) < 4.78 is 0. The minimum atomic E-state index is -0.876. The molecule has 0 saturated carbocycles. The lowest BCUT2D eigenvalue weighted by Gasteiger charge is -2.26. The molecule has 2 heterocycles. The fourth-order valence-electron chi connectivity index (χ4n) is 3.93. The number of benzene rings is 2. The molecule has 3 aromatic rings. The Bertz CT molecular complexity index is 1160. The monoisotopic (exact) mass is 433 g/mol. The molecule has 0 aliphatic carbocycles. The molecular weight excluding hydrogens is 410 g/mol. The summed E-state index contributed by atoms with van der Waals surface area (Å²) in [6, 6.07) is 15.6. The van der Waals surface area contributed by atoms with Gasteiger partial charge in [-0.05, 0) is 48.6 Å². The van der Waals surface area contributed by atoms with Gasteiger partial charge in [0, 0.05) is 16.1 Å². The second kappa shape index (κ2) is 8.35. The van der Waals surface area contributed by atoms with Gasteiger partial charge < -0.3 is 11.1 Å². The van der Waals surface area contributed by atoms with E-state index in [9.17, 15) is 14.4 Å². The van der Waals surface area contributed by atoms with Gasteiger partial charge in [0.15, 0.2) is 0 Å². The molecule has 4 rings (SSSR count). The minimum Gasteiger partial charge on any atom is -0.398 e. The Balaban J connectivity index is 1.69. The highest BCUT2D eigenvalue weighted by Crippen LogP contribution is 2.44. The van der Waals surface area contributed by atoms with Crippen molar-refractivity contribution in [1.82, 2.24) is 5.32 Å². The van der Waals surface area contributed by atoms with Gasteiger partial charge in [-0.3, -0.25) is 14.4 Å². The Morgan fingerprint density at radius 3 is 2.65 bits per heavy atom. The Hall–Kier alpha value is -3.45. The molecule has 3 N–H and O–H groups in total. The predicted octanol–water partition coefficient (Wildman–Crippen LogP) is 3.72. The first kappa shape index (κ1) is 20.8. The summed E-state index contributed by atoms with van der Waals surface area (Å²) >= 11 is 1.48. The number of amides is 3. The molecule has 158 valence electrons. The summed E-state index contributed by atoms with van der Waals surface area (Å²) in [6.45, 7) is 3.38. The van der Waals surface area contributed by atoms with Crippen LogP contribution in [0.3, 0.4) is 0 Å². The third kappa shape index (κ3) is 3.84. The highest BCUT2D eigenvalue weighted by Gasteiger charge is 2.37. The number of thiophene rings is 1. The van der Waals surface area contributed by atoms with Crippen LogP contribution in [0, 0.1) is 0 Å². The number of nitrogen functional groups attached to an aromatic ring is 1. The average Bonchev–Trinajstić information content (AvgIpc) is 3.23. The van der Waals surface area contributed by atoms with Gasteiger partial charge in [0.2, 0.25) is 11.8 Å². The van der Waals surface area contributed by atoms with E-state index in [-0.39, 0.29) is 18.2 Å². The van der Waals surface area contributed by atoms with Gasteiger partial charge >= 0.3 is 0 Å². The standard InChI is InChI=1S/C24H23N3O3S/c1-14-17-8-3-4-9-18(17)22-19(25)10-5-11-20(22)27(23(14)29)24(30)15(2)26-21(28)13-16-7-6-12-31-16/h3-12,14-15H,13,25H2,1-2H3,(H,26,28)/t14?,15-/m0/s1. The number of rotatable bonds is 4. The Morgan fingerprint density at radius 2 is 1.90 bits per heavy atom. The first-order valence-corrected chi connectivity index (χ1v) is 10.9. The SMILES string of the molecule is CC1C(=O)N(C(=O)[C@H](C)NC(=O)Cc2cccs2)c2cccc(N)c2-c2ccccc21. The predicted molar refractivity (Wildman–Crippen MR) is 123 cm³/mol. The van der Waals surface area contributed by atoms with Crippen molar-refractivity contribution in [3.8, 4) is 11.1 Å². The summed E-state index contributed by atoms with van der Waals surface area (Å²) in [5.74, 6) is -1.65. The van der Waals surface area contributed by atoms with Crippen LogP contribution in [0.25, 0.3) is 11.1 Å². The normalized spacial score (nSPS) is 16.1. The zero-order chi connectivity index (χ0) is 22.1. The average molecular weight is 434 g/mol. The lowest BCUT2D eigenvalue weighted by Crippen LogP contribution is -2.50. The van der Waals surface area contributed by atoms with Crippen LogP contribution in [0.2, 0.25) is 0 Å². The fourth-order valence-corrected chi connectivity index (χ4v) is 4.64. The minimum absolute atomic E-state index is 0.189. The van der Waals surface area contributed by atoms with Crippen molar-refractivity contribution in [2.24, 2.45) is 0 Å². The highest BCUT2D eigenvalue weighted by molar-refractivity contribution is 7.10. The number of nitrogens with two attached hydrogens (primary N) is 1. The molecule has 1 aliphatic rings. The number of hydrogen-bond donors (Lipinski definition) is 2. The fraction of sp³-hybridized carbons (Fsp3) is 0.208. The van der Waals surface area contributed by atoms with E-state index in [1.54, 1.807) is 32.0 Å². The number of nitrogens with one attached hydrogen (secondary N) is 1. The molecule has 2 aromatic carbocycles. The number of nitrogens with zero attached hydrogens (tertiary/aromatic N) is 1. The second-order valence-electron chi connectivity index (χ2n) is 7.61. The number of carbonyl (C=O) groups excluding carboxylic acids is 3. The summed E-state index contributed by atoms with van der Waals surface area (Å²) in [6.07, 6.45) is 0.189. The van der Waals surface area contributed by atoms with Gasteiger partial charge in [-0.1, -0.05) is 36.4 Å². The van der Waals surface area contributed by atoms with E-state index in [1.165, 1.54) is 16.2 Å². The quantitative estimate of drug-likeness (QED) is 0.614. The van der Waals surface area contributed by atoms with Gasteiger partial charge in [-0.2, -0.15) is 0 Å². The number of fused-ring (bicyclic) bond motifs is 3. The van der Waals surface area contributed by atoms with Gasteiger partial charge in [-0.25, -0.2) is 4.90 Å². The van der Waals surface area contributed by atoms with Crippen LogP contribution < -0.4 is 16.0 Å². The van der Waals surface area contributed by atoms with Crippen LogP contribution >= 0.6 is 11.3 Å². The van der Waals surface area contributed by atoms with Crippen LogP contribution in [-0.4, -0.2) is 23.8 Å². The summed E-state index contributed by atoms with van der Waals surface area (Å²) in [5.41, 5.74) is 9.52. The molecule has 1 unspecified atom stereocenters. The maximum atomic E-state index is 13.4. The van der Waals surface area contributed by atoms with Crippen LogP contribution in [0.15, 0.2) is 60.0 Å². The van der Waals surface area contributed by atoms with E-state index in [2.05, 4.69) is 5.32 Å². The lowest BCUT2D eigenvalue weighted by atomic mass is 9.92. The smallest absolute Gasteiger partial charge is 0.256 e. The molecule has 1 aliphatic heterocycles. The van der Waals surface area contributed by atoms with Crippen LogP contribution in [0.5, 0.6) is 0 Å². The molecule has 0 radical (unpaired) electrons. The molecule has 31 heavy (non-hydrogen) atoms. The number of anilines is 2. The van der Waals surface area contributed by atoms with Gasteiger partial charge in [0.05, 0.1) is 18.0 Å². The topological polar surface area (TPSA) is 92.5 Å². The molecular formula is C24H23N3O3S. The first-order valence-electron chi connectivity index (χ1n) is 10.1. The maximum absolute atomic E-state index is 13.4. The van der Waals surface area contributed by atoms with Crippen molar-refractivity contribution >= 4 is 40.4 Å². The molecule has 0 saturated heterocycles. The number of imide groups is 1. The van der Waals surface area contributed by atoms with Crippen LogP contribution in [0.4, 0.5) is 11.4 Å². The largest absolute Gasteiger partial charge is 0.398 e. The molecule has 0 spiro atoms. The Labute approximate surface area is 184 Å². The van der Waals surface area contributed by atoms with Crippen molar-refractivity contribution in [2.45, 2.75) is 32.2 Å². The van der Waals surface area contributed by atoms with Gasteiger partial charge in [-0.15, -0.1) is 11.3 Å². The molecule has 0 fully saturated rings. The maximum Gasteiger partial charge on any atom is 0.256 e. The van der Waals surface area contributed by atoms with Crippen LogP contribution in [-0.2, 0) is 20.8 Å². The van der Waals surface area contributed by atoms with E-state index in [0.29, 0.717) is 16.9 Å². The summed E-state index contributed by atoms with van der Waals surface area (Å²) in [4.78, 5) is 41.3. The van der Waals surface area contributed by atoms with Gasteiger partial charge in [0.25, 0.3) is 5.91 Å².